The van der Waals surface area contributed by atoms with Crippen molar-refractivity contribution in [3.63, 3.8) is 0 Å². The smallest absolute Gasteiger partial charge is 0.225 e. The number of aliphatic hydroxyl groups is 1. The normalized spacial score (nSPS) is 28.5. The van der Waals surface area contributed by atoms with Crippen molar-refractivity contribution in [2.24, 2.45) is 11.7 Å². The molecule has 1 atom stereocenters. The lowest BCUT2D eigenvalue weighted by Gasteiger charge is -2.31. The van der Waals surface area contributed by atoms with Crippen molar-refractivity contribution in [1.29, 1.82) is 0 Å². The van der Waals surface area contributed by atoms with Crippen LogP contribution in [0, 0.1) is 5.92 Å². The van der Waals surface area contributed by atoms with E-state index >= 15 is 0 Å². The summed E-state index contributed by atoms with van der Waals surface area (Å²) in [5, 5.41) is 8.98. The lowest BCUT2D eigenvalue weighted by atomic mass is 9.85. The zero-order chi connectivity index (χ0) is 11.4. The van der Waals surface area contributed by atoms with Crippen LogP contribution in [0.5, 0.6) is 0 Å². The van der Waals surface area contributed by atoms with Gasteiger partial charge in [0, 0.05) is 19.0 Å². The number of aliphatic hydroxyl groups excluding tert-OH is 1. The molecule has 1 amide bonds. The van der Waals surface area contributed by atoms with E-state index in [0.717, 1.165) is 25.7 Å². The van der Waals surface area contributed by atoms with E-state index in [9.17, 15) is 4.79 Å². The van der Waals surface area contributed by atoms with Crippen LogP contribution < -0.4 is 5.73 Å². The zero-order valence-electron chi connectivity index (χ0n) is 9.65. The van der Waals surface area contributed by atoms with E-state index < -0.39 is 0 Å². The summed E-state index contributed by atoms with van der Waals surface area (Å²) in [6.07, 6.45) is 3.67. The largest absolute Gasteiger partial charge is 0.394 e. The quantitative estimate of drug-likeness (QED) is 0.712. The Morgan fingerprint density at radius 3 is 2.47 bits per heavy atom. The Morgan fingerprint density at radius 1 is 1.47 bits per heavy atom. The first-order valence-corrected chi connectivity index (χ1v) is 5.69. The molecule has 0 heterocycles. The third-order valence-electron chi connectivity index (χ3n) is 3.39. The number of nitrogens with two attached hydrogens (primary N) is 1. The Kier molecular flexibility index (Phi) is 4.54. The zero-order valence-corrected chi connectivity index (χ0v) is 9.65. The average molecular weight is 214 g/mol. The number of carbonyl (C=O) groups is 1. The molecule has 3 N–H and O–H groups in total. The van der Waals surface area contributed by atoms with Gasteiger partial charge in [0.15, 0.2) is 0 Å². The highest BCUT2D eigenvalue weighted by atomic mass is 16.3. The van der Waals surface area contributed by atoms with E-state index in [2.05, 4.69) is 0 Å². The van der Waals surface area contributed by atoms with Crippen LogP contribution in [0.25, 0.3) is 0 Å². The Hall–Kier alpha value is -0.610. The van der Waals surface area contributed by atoms with Gasteiger partial charge >= 0.3 is 0 Å². The molecular weight excluding hydrogens is 192 g/mol. The fourth-order valence-electron chi connectivity index (χ4n) is 1.99. The van der Waals surface area contributed by atoms with Gasteiger partial charge < -0.3 is 15.7 Å². The fourth-order valence-corrected chi connectivity index (χ4v) is 1.99. The van der Waals surface area contributed by atoms with Gasteiger partial charge in [-0.15, -0.1) is 0 Å². The maximum absolute atomic E-state index is 12.0. The van der Waals surface area contributed by atoms with Crippen LogP contribution in [-0.4, -0.2) is 41.7 Å². The summed E-state index contributed by atoms with van der Waals surface area (Å²) >= 11 is 0. The van der Waals surface area contributed by atoms with E-state index in [0.29, 0.717) is 0 Å². The van der Waals surface area contributed by atoms with Crippen molar-refractivity contribution < 1.29 is 9.90 Å². The molecule has 0 bridgehead atoms. The summed E-state index contributed by atoms with van der Waals surface area (Å²) in [5.41, 5.74) is 5.79. The molecule has 1 unspecified atom stereocenters. The van der Waals surface area contributed by atoms with Gasteiger partial charge in [-0.1, -0.05) is 0 Å². The predicted molar refractivity (Wildman–Crippen MR) is 59.3 cm³/mol. The molecule has 1 saturated carbocycles. The van der Waals surface area contributed by atoms with Gasteiger partial charge in [0.2, 0.25) is 5.91 Å². The van der Waals surface area contributed by atoms with E-state index in [1.807, 2.05) is 6.92 Å². The number of amides is 1. The first kappa shape index (κ1) is 12.5. The standard InChI is InChI=1S/C11H22N2O2/c1-8(7-14)13(2)11(15)9-3-5-10(12)6-4-9/h8-10,14H,3-7,12H2,1-2H3. The summed E-state index contributed by atoms with van der Waals surface area (Å²) in [7, 11) is 1.76. The second-order valence-corrected chi connectivity index (χ2v) is 4.59. The maximum Gasteiger partial charge on any atom is 0.225 e. The van der Waals surface area contributed by atoms with Crippen LogP contribution in [-0.2, 0) is 4.79 Å². The molecule has 0 aromatic rings. The molecule has 0 radical (unpaired) electrons. The molecule has 4 nitrogen and oxygen atoms in total. The second-order valence-electron chi connectivity index (χ2n) is 4.59. The van der Waals surface area contributed by atoms with E-state index in [1.165, 1.54) is 0 Å². The van der Waals surface area contributed by atoms with Gasteiger partial charge in [-0.2, -0.15) is 0 Å². The third kappa shape index (κ3) is 3.18. The number of nitrogens with zero attached hydrogens (tertiary/aromatic N) is 1. The molecule has 1 aliphatic rings. The molecular formula is C11H22N2O2. The first-order valence-electron chi connectivity index (χ1n) is 5.69. The van der Waals surface area contributed by atoms with E-state index in [-0.39, 0.29) is 30.5 Å². The number of rotatable bonds is 3. The molecule has 1 aliphatic carbocycles. The van der Waals surface area contributed by atoms with Crippen LogP contribution in [0.1, 0.15) is 32.6 Å². The molecule has 0 aromatic carbocycles. The first-order chi connectivity index (χ1) is 7.06. The summed E-state index contributed by atoms with van der Waals surface area (Å²) in [4.78, 5) is 13.6. The number of hydrogen-bond donors (Lipinski definition) is 2. The molecule has 0 saturated heterocycles. The number of hydrogen-bond acceptors (Lipinski definition) is 3. The molecule has 0 aliphatic heterocycles. The number of likely N-dealkylation sites (N-methyl/N-ethyl adjacent to an activating group) is 1. The summed E-state index contributed by atoms with van der Waals surface area (Å²) in [5.74, 6) is 0.271. The SMILES string of the molecule is CC(CO)N(C)C(=O)C1CCC(N)CC1. The lowest BCUT2D eigenvalue weighted by Crippen LogP contribution is -2.42. The molecule has 1 rings (SSSR count). The average Bonchev–Trinajstić information content (AvgIpc) is 2.27. The highest BCUT2D eigenvalue weighted by Crippen LogP contribution is 2.25. The van der Waals surface area contributed by atoms with Crippen molar-refractivity contribution in [3.8, 4) is 0 Å². The molecule has 4 heteroatoms. The fraction of sp³-hybridized carbons (Fsp3) is 0.909. The van der Waals surface area contributed by atoms with Crippen LogP contribution >= 0.6 is 0 Å². The van der Waals surface area contributed by atoms with Gasteiger partial charge in [0.05, 0.1) is 12.6 Å². The Labute approximate surface area is 91.4 Å². The van der Waals surface area contributed by atoms with Crippen molar-refractivity contribution in [1.82, 2.24) is 4.90 Å². The molecule has 15 heavy (non-hydrogen) atoms. The second kappa shape index (κ2) is 5.47. The van der Waals surface area contributed by atoms with Gasteiger partial charge in [-0.25, -0.2) is 0 Å². The van der Waals surface area contributed by atoms with Crippen molar-refractivity contribution >= 4 is 5.91 Å². The monoisotopic (exact) mass is 214 g/mol. The predicted octanol–water partition coefficient (Wildman–Crippen LogP) is 0.343. The van der Waals surface area contributed by atoms with Crippen LogP contribution in [0.15, 0.2) is 0 Å². The Balaban J connectivity index is 2.46. The highest BCUT2D eigenvalue weighted by molar-refractivity contribution is 5.79. The Morgan fingerprint density at radius 2 is 2.00 bits per heavy atom. The topological polar surface area (TPSA) is 66.6 Å². The minimum atomic E-state index is -0.0897. The van der Waals surface area contributed by atoms with Gasteiger partial charge in [-0.3, -0.25) is 4.79 Å². The molecule has 1 fully saturated rings. The summed E-state index contributed by atoms with van der Waals surface area (Å²) < 4.78 is 0. The Bertz CT molecular complexity index is 213. The molecule has 88 valence electrons. The number of carbonyl (C=O) groups excluding carboxylic acids is 1. The van der Waals surface area contributed by atoms with Crippen LogP contribution in [0.2, 0.25) is 0 Å². The molecule has 0 spiro atoms. The minimum absolute atomic E-state index is 0.0223. The third-order valence-corrected chi connectivity index (χ3v) is 3.39. The van der Waals surface area contributed by atoms with Crippen LogP contribution in [0.4, 0.5) is 0 Å². The summed E-state index contributed by atoms with van der Waals surface area (Å²) in [6, 6.07) is 0.183. The minimum Gasteiger partial charge on any atom is -0.394 e. The summed E-state index contributed by atoms with van der Waals surface area (Å²) in [6.45, 7) is 1.88. The van der Waals surface area contributed by atoms with Crippen molar-refractivity contribution in [3.05, 3.63) is 0 Å². The van der Waals surface area contributed by atoms with Gasteiger partial charge in [0.1, 0.15) is 0 Å². The lowest BCUT2D eigenvalue weighted by molar-refractivity contribution is -0.137. The van der Waals surface area contributed by atoms with E-state index in [4.69, 9.17) is 10.8 Å². The van der Waals surface area contributed by atoms with Crippen LogP contribution in [0.3, 0.4) is 0 Å². The van der Waals surface area contributed by atoms with E-state index in [1.54, 1.807) is 11.9 Å². The van der Waals surface area contributed by atoms with Gasteiger partial charge in [-0.05, 0) is 32.6 Å². The highest BCUT2D eigenvalue weighted by Gasteiger charge is 2.28. The molecule has 0 aromatic heterocycles. The maximum atomic E-state index is 12.0. The van der Waals surface area contributed by atoms with Crippen molar-refractivity contribution in [2.45, 2.75) is 44.7 Å². The van der Waals surface area contributed by atoms with Crippen molar-refractivity contribution in [2.75, 3.05) is 13.7 Å². The van der Waals surface area contributed by atoms with Gasteiger partial charge in [0.25, 0.3) is 0 Å².